The van der Waals surface area contributed by atoms with E-state index in [9.17, 15) is 14.4 Å². The van der Waals surface area contributed by atoms with Gasteiger partial charge in [0.15, 0.2) is 0 Å². The van der Waals surface area contributed by atoms with Crippen molar-refractivity contribution in [2.24, 2.45) is 0 Å². The predicted molar refractivity (Wildman–Crippen MR) is 78.0 cm³/mol. The fourth-order valence-corrected chi connectivity index (χ4v) is 2.12. The van der Waals surface area contributed by atoms with E-state index in [1.54, 1.807) is 24.3 Å². The molecule has 0 bridgehead atoms. The van der Waals surface area contributed by atoms with Gasteiger partial charge in [0, 0.05) is 23.7 Å². The van der Waals surface area contributed by atoms with Gasteiger partial charge in [0.05, 0.1) is 13.1 Å². The van der Waals surface area contributed by atoms with Crippen LogP contribution >= 0.6 is 11.6 Å². The van der Waals surface area contributed by atoms with E-state index < -0.39 is 0 Å². The Balaban J connectivity index is 1.86. The molecule has 1 fully saturated rings. The Bertz CT molecular complexity index is 545. The second-order valence-electron chi connectivity index (χ2n) is 4.71. The van der Waals surface area contributed by atoms with Gasteiger partial charge >= 0.3 is 0 Å². The molecule has 0 atom stereocenters. The molecule has 0 spiro atoms. The zero-order valence-electron chi connectivity index (χ0n) is 11.4. The minimum atomic E-state index is -0.348. The normalized spacial score (nSPS) is 15.1. The molecule has 6 nitrogen and oxygen atoms in total. The highest BCUT2D eigenvalue weighted by atomic mass is 35.5. The van der Waals surface area contributed by atoms with Crippen LogP contribution in [0.25, 0.3) is 0 Å². The molecule has 1 aromatic carbocycles. The van der Waals surface area contributed by atoms with E-state index in [4.69, 9.17) is 11.6 Å². The number of rotatable bonds is 3. The van der Waals surface area contributed by atoms with Crippen molar-refractivity contribution in [3.05, 3.63) is 34.9 Å². The molecule has 21 heavy (non-hydrogen) atoms. The number of benzene rings is 1. The maximum absolute atomic E-state index is 12.0. The third kappa shape index (κ3) is 4.46. The summed E-state index contributed by atoms with van der Waals surface area (Å²) in [5.41, 5.74) is 0.431. The summed E-state index contributed by atoms with van der Waals surface area (Å²) in [6.07, 6.45) is 0.711. The van der Waals surface area contributed by atoms with Crippen molar-refractivity contribution < 1.29 is 14.4 Å². The molecule has 1 heterocycles. The number of amides is 3. The zero-order valence-corrected chi connectivity index (χ0v) is 12.2. The van der Waals surface area contributed by atoms with Crippen LogP contribution in [0.15, 0.2) is 24.3 Å². The molecule has 0 aromatic heterocycles. The summed E-state index contributed by atoms with van der Waals surface area (Å²) in [6, 6.07) is 6.39. The van der Waals surface area contributed by atoms with Crippen molar-refractivity contribution >= 4 is 29.3 Å². The highest BCUT2D eigenvalue weighted by Gasteiger charge is 2.20. The van der Waals surface area contributed by atoms with Gasteiger partial charge < -0.3 is 15.5 Å². The van der Waals surface area contributed by atoms with Crippen molar-refractivity contribution in [1.82, 2.24) is 15.5 Å². The van der Waals surface area contributed by atoms with Crippen LogP contribution in [0, 0.1) is 0 Å². The minimum Gasteiger partial charge on any atom is -0.354 e. The second kappa shape index (κ2) is 7.08. The monoisotopic (exact) mass is 309 g/mol. The van der Waals surface area contributed by atoms with E-state index in [0.29, 0.717) is 30.1 Å². The number of nitrogens with one attached hydrogen (secondary N) is 2. The first-order chi connectivity index (χ1) is 10.1. The van der Waals surface area contributed by atoms with Gasteiger partial charge in [0.25, 0.3) is 5.91 Å². The Kier molecular flexibility index (Phi) is 5.16. The number of carbonyl (C=O) groups is 3. The van der Waals surface area contributed by atoms with Gasteiger partial charge in [-0.2, -0.15) is 0 Å². The number of hydrogen-bond acceptors (Lipinski definition) is 3. The third-order valence-electron chi connectivity index (χ3n) is 3.12. The van der Waals surface area contributed by atoms with E-state index in [1.165, 1.54) is 4.90 Å². The molecule has 0 unspecified atom stereocenters. The molecule has 3 amide bonds. The van der Waals surface area contributed by atoms with E-state index in [1.807, 2.05) is 0 Å². The summed E-state index contributed by atoms with van der Waals surface area (Å²) in [5.74, 6) is -0.793. The lowest BCUT2D eigenvalue weighted by atomic mass is 10.2. The Labute approximate surface area is 127 Å². The van der Waals surface area contributed by atoms with Crippen molar-refractivity contribution in [3.8, 4) is 0 Å². The summed E-state index contributed by atoms with van der Waals surface area (Å²) < 4.78 is 0. The molecular weight excluding hydrogens is 294 g/mol. The number of carbonyl (C=O) groups excluding carboxylic acids is 3. The van der Waals surface area contributed by atoms with E-state index in [-0.39, 0.29) is 30.8 Å². The van der Waals surface area contributed by atoms with Crippen LogP contribution in [0.4, 0.5) is 0 Å². The number of halogens is 1. The maximum atomic E-state index is 12.0. The highest BCUT2D eigenvalue weighted by Crippen LogP contribution is 2.09. The molecular formula is C14H16ClN3O3. The molecule has 112 valence electrons. The van der Waals surface area contributed by atoms with Crippen molar-refractivity contribution in [2.45, 2.75) is 6.42 Å². The minimum absolute atomic E-state index is 0.0373. The van der Waals surface area contributed by atoms with Gasteiger partial charge in [-0.25, -0.2) is 0 Å². The molecule has 7 heteroatoms. The molecule has 0 aliphatic carbocycles. The topological polar surface area (TPSA) is 78.5 Å². The molecule has 0 saturated carbocycles. The lowest BCUT2D eigenvalue weighted by molar-refractivity contribution is -0.134. The van der Waals surface area contributed by atoms with Gasteiger partial charge in [0.2, 0.25) is 11.8 Å². The lowest BCUT2D eigenvalue weighted by Crippen LogP contribution is -2.43. The Morgan fingerprint density at radius 2 is 2.00 bits per heavy atom. The highest BCUT2D eigenvalue weighted by molar-refractivity contribution is 6.30. The lowest BCUT2D eigenvalue weighted by Gasteiger charge is -2.19. The van der Waals surface area contributed by atoms with Crippen LogP contribution in [0.5, 0.6) is 0 Å². The van der Waals surface area contributed by atoms with Gasteiger partial charge in [-0.3, -0.25) is 14.4 Å². The Hall–Kier alpha value is -2.08. The largest absolute Gasteiger partial charge is 0.354 e. The average molecular weight is 310 g/mol. The average Bonchev–Trinajstić information content (AvgIpc) is 2.70. The molecule has 2 N–H and O–H groups in total. The predicted octanol–water partition coefficient (Wildman–Crippen LogP) is 0.418. The fourth-order valence-electron chi connectivity index (χ4n) is 1.99. The molecule has 1 aliphatic heterocycles. The first-order valence-electron chi connectivity index (χ1n) is 6.64. The van der Waals surface area contributed by atoms with Crippen molar-refractivity contribution in [2.75, 3.05) is 26.2 Å². The third-order valence-corrected chi connectivity index (χ3v) is 3.37. The summed E-state index contributed by atoms with van der Waals surface area (Å²) in [5, 5.41) is 5.78. The van der Waals surface area contributed by atoms with Crippen LogP contribution < -0.4 is 10.6 Å². The molecule has 1 aliphatic rings. The van der Waals surface area contributed by atoms with Crippen LogP contribution in [-0.4, -0.2) is 48.8 Å². The molecule has 1 aromatic rings. The van der Waals surface area contributed by atoms with Gasteiger partial charge in [-0.15, -0.1) is 0 Å². The number of hydrogen-bond donors (Lipinski definition) is 2. The van der Waals surface area contributed by atoms with Crippen molar-refractivity contribution in [1.29, 1.82) is 0 Å². The first-order valence-corrected chi connectivity index (χ1v) is 7.02. The standard InChI is InChI=1S/C14H16ClN3O3/c15-11-4-2-10(3-5-11)14(21)17-8-13(20)18-7-1-6-16-12(19)9-18/h2-5H,1,6-9H2,(H,16,19)(H,17,21). The first kappa shape index (κ1) is 15.3. The zero-order chi connectivity index (χ0) is 15.2. The summed E-state index contributed by atoms with van der Waals surface area (Å²) in [4.78, 5) is 36.7. The summed E-state index contributed by atoms with van der Waals surface area (Å²) in [7, 11) is 0. The quantitative estimate of drug-likeness (QED) is 0.849. The van der Waals surface area contributed by atoms with Crippen molar-refractivity contribution in [3.63, 3.8) is 0 Å². The smallest absolute Gasteiger partial charge is 0.251 e. The van der Waals surface area contributed by atoms with Gasteiger partial charge in [0.1, 0.15) is 0 Å². The molecule has 1 saturated heterocycles. The van der Waals surface area contributed by atoms with E-state index in [2.05, 4.69) is 10.6 Å². The Morgan fingerprint density at radius 3 is 2.71 bits per heavy atom. The maximum Gasteiger partial charge on any atom is 0.251 e. The summed E-state index contributed by atoms with van der Waals surface area (Å²) in [6.45, 7) is 0.985. The molecule has 2 rings (SSSR count). The Morgan fingerprint density at radius 1 is 1.29 bits per heavy atom. The second-order valence-corrected chi connectivity index (χ2v) is 5.14. The van der Waals surface area contributed by atoms with E-state index >= 15 is 0 Å². The van der Waals surface area contributed by atoms with Crippen LogP contribution in [-0.2, 0) is 9.59 Å². The summed E-state index contributed by atoms with van der Waals surface area (Å²) >= 11 is 5.74. The van der Waals surface area contributed by atoms with Gasteiger partial charge in [-0.1, -0.05) is 11.6 Å². The van der Waals surface area contributed by atoms with Crippen LogP contribution in [0.1, 0.15) is 16.8 Å². The van der Waals surface area contributed by atoms with Crippen LogP contribution in [0.3, 0.4) is 0 Å². The van der Waals surface area contributed by atoms with Crippen LogP contribution in [0.2, 0.25) is 5.02 Å². The van der Waals surface area contributed by atoms with Gasteiger partial charge in [-0.05, 0) is 30.7 Å². The SMILES string of the molecule is O=C1CN(C(=O)CNC(=O)c2ccc(Cl)cc2)CCCN1. The number of nitrogens with zero attached hydrogens (tertiary/aromatic N) is 1. The molecule has 0 radical (unpaired) electrons. The van der Waals surface area contributed by atoms with E-state index in [0.717, 1.165) is 0 Å². The fraction of sp³-hybridized carbons (Fsp3) is 0.357.